The number of carbonyl (C=O) groups is 1. The van der Waals surface area contributed by atoms with Crippen molar-refractivity contribution in [3.05, 3.63) is 12.2 Å². The normalized spacial score (nSPS) is 20.4. The minimum absolute atomic E-state index is 0.206. The molecular weight excluding hydrogens is 226 g/mol. The highest BCUT2D eigenvalue weighted by Gasteiger charge is 2.28. The topological polar surface area (TPSA) is 54.5 Å². The molecule has 1 atom stereocenters. The van der Waals surface area contributed by atoms with Crippen LogP contribution in [0.3, 0.4) is 0 Å². The summed E-state index contributed by atoms with van der Waals surface area (Å²) in [5, 5.41) is -0.555. The van der Waals surface area contributed by atoms with Crippen molar-refractivity contribution >= 4 is 15.9 Å². The molecule has 0 radical (unpaired) electrons. The summed E-state index contributed by atoms with van der Waals surface area (Å²) in [7, 11) is -2.11. The third kappa shape index (κ3) is 2.84. The molecule has 0 N–H and O–H groups in total. The van der Waals surface area contributed by atoms with E-state index < -0.39 is 15.3 Å². The zero-order valence-electron chi connectivity index (χ0n) is 10.0. The van der Waals surface area contributed by atoms with Gasteiger partial charge in [-0.2, -0.15) is 0 Å². The van der Waals surface area contributed by atoms with Crippen LogP contribution in [0.15, 0.2) is 12.2 Å². The smallest absolute Gasteiger partial charge is 0.239 e. The van der Waals surface area contributed by atoms with Gasteiger partial charge >= 0.3 is 0 Å². The van der Waals surface area contributed by atoms with Gasteiger partial charge in [0.25, 0.3) is 0 Å². The molecule has 1 aliphatic rings. The molecule has 0 aromatic carbocycles. The quantitative estimate of drug-likeness (QED) is 0.706. The molecule has 0 saturated heterocycles. The predicted octanol–water partition coefficient (Wildman–Crippen LogP) is 1.54. The van der Waals surface area contributed by atoms with Gasteiger partial charge in [-0.25, -0.2) is 12.7 Å². The molecule has 0 heterocycles. The number of allylic oxidation sites excluding steroid dienone is 2. The molecule has 0 aromatic rings. The second-order valence-electron chi connectivity index (χ2n) is 4.42. The van der Waals surface area contributed by atoms with E-state index in [1.54, 1.807) is 13.8 Å². The van der Waals surface area contributed by atoms with Crippen LogP contribution in [0.1, 0.15) is 33.1 Å². The van der Waals surface area contributed by atoms with Gasteiger partial charge in [-0.1, -0.05) is 12.2 Å². The summed E-state index contributed by atoms with van der Waals surface area (Å²) < 4.78 is 24.4. The van der Waals surface area contributed by atoms with Crippen LogP contribution in [0.2, 0.25) is 0 Å². The maximum absolute atomic E-state index is 11.8. The van der Waals surface area contributed by atoms with Crippen molar-refractivity contribution in [2.45, 2.75) is 38.4 Å². The van der Waals surface area contributed by atoms with Crippen molar-refractivity contribution in [2.75, 3.05) is 7.05 Å². The highest BCUT2D eigenvalue weighted by molar-refractivity contribution is 7.90. The summed E-state index contributed by atoms with van der Waals surface area (Å²) >= 11 is 0. The average molecular weight is 245 g/mol. The average Bonchev–Trinajstić information content (AvgIpc) is 2.68. The monoisotopic (exact) mass is 245 g/mol. The van der Waals surface area contributed by atoms with Gasteiger partial charge in [0.15, 0.2) is 0 Å². The van der Waals surface area contributed by atoms with Crippen LogP contribution < -0.4 is 0 Å². The van der Waals surface area contributed by atoms with E-state index in [0.717, 1.165) is 17.1 Å². The maximum atomic E-state index is 11.8. The van der Waals surface area contributed by atoms with Gasteiger partial charge in [-0.15, -0.1) is 0 Å². The highest BCUT2D eigenvalue weighted by atomic mass is 32.2. The molecule has 0 saturated carbocycles. The standard InChI is InChI=1S/C11H19NO3S/c1-9(2)16(14,15)12(3)11(13)8-10-6-4-5-7-10/h4,6,9-10H,5,7-8H2,1-3H3. The molecule has 0 aromatic heterocycles. The van der Waals surface area contributed by atoms with Crippen molar-refractivity contribution in [3.8, 4) is 0 Å². The van der Waals surface area contributed by atoms with Gasteiger partial charge in [0.1, 0.15) is 0 Å². The molecule has 0 fully saturated rings. The second-order valence-corrected chi connectivity index (χ2v) is 6.95. The van der Waals surface area contributed by atoms with Gasteiger partial charge in [0.2, 0.25) is 15.9 Å². The summed E-state index contributed by atoms with van der Waals surface area (Å²) in [6, 6.07) is 0. The summed E-state index contributed by atoms with van der Waals surface area (Å²) in [5.41, 5.74) is 0. The van der Waals surface area contributed by atoms with E-state index in [4.69, 9.17) is 0 Å². The lowest BCUT2D eigenvalue weighted by atomic mass is 10.1. The van der Waals surface area contributed by atoms with Gasteiger partial charge in [0, 0.05) is 13.5 Å². The van der Waals surface area contributed by atoms with E-state index >= 15 is 0 Å². The molecule has 0 bridgehead atoms. The minimum Gasteiger partial charge on any atom is -0.274 e. The first-order valence-electron chi connectivity index (χ1n) is 5.53. The molecular formula is C11H19NO3S. The summed E-state index contributed by atoms with van der Waals surface area (Å²) in [6.45, 7) is 3.16. The van der Waals surface area contributed by atoms with Crippen LogP contribution in [0.25, 0.3) is 0 Å². The highest BCUT2D eigenvalue weighted by Crippen LogP contribution is 2.22. The van der Waals surface area contributed by atoms with Crippen LogP contribution in [-0.2, 0) is 14.8 Å². The molecule has 1 amide bonds. The maximum Gasteiger partial charge on any atom is 0.239 e. The first kappa shape index (κ1) is 13.2. The lowest BCUT2D eigenvalue weighted by Gasteiger charge is -2.21. The summed E-state index contributed by atoms with van der Waals surface area (Å²) in [5.74, 6) is -0.109. The molecule has 1 rings (SSSR count). The van der Waals surface area contributed by atoms with E-state index in [0.29, 0.717) is 6.42 Å². The van der Waals surface area contributed by atoms with Crippen molar-refractivity contribution in [1.82, 2.24) is 4.31 Å². The van der Waals surface area contributed by atoms with Crippen molar-refractivity contribution in [2.24, 2.45) is 5.92 Å². The first-order valence-corrected chi connectivity index (χ1v) is 7.03. The fraction of sp³-hybridized carbons (Fsp3) is 0.727. The van der Waals surface area contributed by atoms with Gasteiger partial charge in [-0.05, 0) is 32.6 Å². The Morgan fingerprint density at radius 1 is 1.50 bits per heavy atom. The second kappa shape index (κ2) is 4.99. The molecule has 0 spiro atoms. The van der Waals surface area contributed by atoms with Crippen LogP contribution in [0.5, 0.6) is 0 Å². The molecule has 16 heavy (non-hydrogen) atoms. The Kier molecular flexibility index (Phi) is 4.13. The first-order chi connectivity index (χ1) is 7.35. The number of hydrogen-bond donors (Lipinski definition) is 0. The Labute approximate surface area is 97.4 Å². The summed E-state index contributed by atoms with van der Waals surface area (Å²) in [6.07, 6.45) is 6.25. The van der Waals surface area contributed by atoms with Gasteiger partial charge in [-0.3, -0.25) is 4.79 Å². The van der Waals surface area contributed by atoms with E-state index in [1.807, 2.05) is 12.2 Å². The Morgan fingerprint density at radius 2 is 2.12 bits per heavy atom. The van der Waals surface area contributed by atoms with Gasteiger partial charge in [0.05, 0.1) is 5.25 Å². The van der Waals surface area contributed by atoms with Crippen molar-refractivity contribution in [3.63, 3.8) is 0 Å². The Balaban J connectivity index is 2.63. The van der Waals surface area contributed by atoms with Crippen molar-refractivity contribution < 1.29 is 13.2 Å². The Morgan fingerprint density at radius 3 is 2.56 bits per heavy atom. The fourth-order valence-electron chi connectivity index (χ4n) is 1.68. The number of rotatable bonds is 4. The third-order valence-corrected chi connectivity index (χ3v) is 5.04. The lowest BCUT2D eigenvalue weighted by molar-refractivity contribution is -0.126. The van der Waals surface area contributed by atoms with Crippen LogP contribution in [0, 0.1) is 5.92 Å². The molecule has 1 unspecified atom stereocenters. The Bertz CT molecular complexity index is 384. The Hall–Kier alpha value is -0.840. The van der Waals surface area contributed by atoms with E-state index in [-0.39, 0.29) is 11.8 Å². The number of hydrogen-bond acceptors (Lipinski definition) is 3. The van der Waals surface area contributed by atoms with Gasteiger partial charge < -0.3 is 0 Å². The minimum atomic E-state index is -3.46. The number of amides is 1. The number of nitrogens with zero attached hydrogens (tertiary/aromatic N) is 1. The molecule has 92 valence electrons. The van der Waals surface area contributed by atoms with E-state index in [9.17, 15) is 13.2 Å². The number of carbonyl (C=O) groups excluding carboxylic acids is 1. The van der Waals surface area contributed by atoms with Crippen LogP contribution >= 0.6 is 0 Å². The summed E-state index contributed by atoms with van der Waals surface area (Å²) in [4.78, 5) is 11.8. The fourth-order valence-corrected chi connectivity index (χ4v) is 2.67. The predicted molar refractivity (Wildman–Crippen MR) is 63.3 cm³/mol. The SMILES string of the molecule is CC(C)S(=O)(=O)N(C)C(=O)CC1C=CCC1. The number of sulfonamides is 1. The van der Waals surface area contributed by atoms with E-state index in [1.165, 1.54) is 7.05 Å². The molecule has 0 aliphatic heterocycles. The lowest BCUT2D eigenvalue weighted by Crippen LogP contribution is -2.38. The van der Waals surface area contributed by atoms with E-state index in [2.05, 4.69) is 0 Å². The van der Waals surface area contributed by atoms with Crippen molar-refractivity contribution in [1.29, 1.82) is 0 Å². The molecule has 1 aliphatic carbocycles. The molecule has 4 nitrogen and oxygen atoms in total. The zero-order valence-corrected chi connectivity index (χ0v) is 10.8. The van der Waals surface area contributed by atoms with Crippen LogP contribution in [-0.4, -0.2) is 30.9 Å². The third-order valence-electron chi connectivity index (χ3n) is 2.88. The zero-order chi connectivity index (χ0) is 12.3. The largest absolute Gasteiger partial charge is 0.274 e. The van der Waals surface area contributed by atoms with Crippen LogP contribution in [0.4, 0.5) is 0 Å². The molecule has 5 heteroatoms.